The van der Waals surface area contributed by atoms with Gasteiger partial charge in [0, 0.05) is 24.0 Å². The molecule has 0 saturated carbocycles. The molecule has 19 heavy (non-hydrogen) atoms. The highest BCUT2D eigenvalue weighted by Crippen LogP contribution is 2.23. The van der Waals surface area contributed by atoms with Gasteiger partial charge >= 0.3 is 0 Å². The number of nitrogens with one attached hydrogen (secondary N) is 1. The number of hydrogen-bond acceptors (Lipinski definition) is 3. The number of nitrogens with zero attached hydrogens (tertiary/aromatic N) is 2. The van der Waals surface area contributed by atoms with Crippen LogP contribution >= 0.6 is 11.6 Å². The summed E-state index contributed by atoms with van der Waals surface area (Å²) in [5.41, 5.74) is 1.21. The summed E-state index contributed by atoms with van der Waals surface area (Å²) in [6, 6.07) is 2.36. The second-order valence-corrected chi connectivity index (χ2v) is 6.13. The van der Waals surface area contributed by atoms with Gasteiger partial charge in [-0.15, -0.1) is 0 Å². The van der Waals surface area contributed by atoms with E-state index in [-0.39, 0.29) is 5.54 Å². The van der Waals surface area contributed by atoms with Crippen LogP contribution in [0, 0.1) is 0 Å². The van der Waals surface area contributed by atoms with E-state index in [4.69, 9.17) is 11.6 Å². The van der Waals surface area contributed by atoms with Crippen molar-refractivity contribution in [1.29, 1.82) is 0 Å². The number of likely N-dealkylation sites (N-methyl/N-ethyl adjacent to an activating group) is 1. The summed E-state index contributed by atoms with van der Waals surface area (Å²) in [5.74, 6) is 0. The quantitative estimate of drug-likeness (QED) is 0.834. The molecular weight excluding hydrogens is 258 g/mol. The number of halogens is 1. The fraction of sp³-hybridized carbons (Fsp3) is 0.667. The Morgan fingerprint density at radius 2 is 2.11 bits per heavy atom. The molecule has 0 aliphatic rings. The van der Waals surface area contributed by atoms with Crippen molar-refractivity contribution in [2.45, 2.75) is 45.2 Å². The lowest BCUT2D eigenvalue weighted by Gasteiger charge is -2.41. The smallest absolute Gasteiger partial charge is 0.0621 e. The molecule has 1 heterocycles. The summed E-state index contributed by atoms with van der Waals surface area (Å²) < 4.78 is 0. The zero-order valence-electron chi connectivity index (χ0n) is 12.7. The molecule has 3 nitrogen and oxygen atoms in total. The maximum absolute atomic E-state index is 6.23. The number of aromatic nitrogens is 1. The van der Waals surface area contributed by atoms with E-state index >= 15 is 0 Å². The predicted molar refractivity (Wildman–Crippen MR) is 82.8 cm³/mol. The second kappa shape index (κ2) is 7.22. The van der Waals surface area contributed by atoms with Gasteiger partial charge in [0.2, 0.25) is 0 Å². The van der Waals surface area contributed by atoms with Crippen LogP contribution in [0.2, 0.25) is 5.02 Å². The van der Waals surface area contributed by atoms with E-state index < -0.39 is 0 Å². The molecule has 0 fully saturated rings. The van der Waals surface area contributed by atoms with Crippen LogP contribution in [-0.4, -0.2) is 42.1 Å². The van der Waals surface area contributed by atoms with Gasteiger partial charge in [-0.05, 0) is 59.0 Å². The third kappa shape index (κ3) is 4.44. The van der Waals surface area contributed by atoms with Gasteiger partial charge in [-0.1, -0.05) is 18.5 Å². The summed E-state index contributed by atoms with van der Waals surface area (Å²) in [6.07, 6.45) is 5.56. The lowest BCUT2D eigenvalue weighted by Crippen LogP contribution is -2.56. The van der Waals surface area contributed by atoms with Gasteiger partial charge in [-0.3, -0.25) is 4.98 Å². The summed E-state index contributed by atoms with van der Waals surface area (Å²) >= 11 is 6.23. The molecule has 1 N–H and O–H groups in total. The summed E-state index contributed by atoms with van der Waals surface area (Å²) in [6.45, 7) is 7.72. The Kier molecular flexibility index (Phi) is 6.24. The summed E-state index contributed by atoms with van der Waals surface area (Å²) in [4.78, 5) is 6.31. The van der Waals surface area contributed by atoms with E-state index in [2.05, 4.69) is 50.1 Å². The molecule has 1 atom stereocenters. The second-order valence-electron chi connectivity index (χ2n) is 5.73. The van der Waals surface area contributed by atoms with Crippen molar-refractivity contribution in [1.82, 2.24) is 15.2 Å². The normalized spacial score (nSPS) is 13.8. The first-order valence-electron chi connectivity index (χ1n) is 6.88. The van der Waals surface area contributed by atoms with Crippen LogP contribution < -0.4 is 5.32 Å². The zero-order chi connectivity index (χ0) is 14.5. The number of pyridine rings is 1. The fourth-order valence-corrected chi connectivity index (χ4v) is 2.19. The molecule has 0 radical (unpaired) electrons. The first-order valence-corrected chi connectivity index (χ1v) is 7.26. The monoisotopic (exact) mass is 283 g/mol. The van der Waals surface area contributed by atoms with E-state index in [1.807, 2.05) is 6.07 Å². The SMILES string of the molecule is CCCNC(Cc1ccncc1Cl)C(C)(C)N(C)C. The van der Waals surface area contributed by atoms with Gasteiger partial charge in [0.05, 0.1) is 5.02 Å². The van der Waals surface area contributed by atoms with E-state index in [0.717, 1.165) is 30.0 Å². The van der Waals surface area contributed by atoms with Crippen molar-refractivity contribution in [3.8, 4) is 0 Å². The van der Waals surface area contributed by atoms with Crippen molar-refractivity contribution >= 4 is 11.6 Å². The average molecular weight is 284 g/mol. The van der Waals surface area contributed by atoms with E-state index in [1.165, 1.54) is 0 Å². The zero-order valence-corrected chi connectivity index (χ0v) is 13.5. The van der Waals surface area contributed by atoms with Crippen molar-refractivity contribution < 1.29 is 0 Å². The fourth-order valence-electron chi connectivity index (χ4n) is 1.99. The molecule has 0 saturated heterocycles. The molecule has 0 spiro atoms. The molecule has 108 valence electrons. The maximum atomic E-state index is 6.23. The molecular formula is C15H26ClN3. The van der Waals surface area contributed by atoms with Gasteiger partial charge in [-0.25, -0.2) is 0 Å². The molecule has 4 heteroatoms. The highest BCUT2D eigenvalue weighted by Gasteiger charge is 2.31. The van der Waals surface area contributed by atoms with Crippen LogP contribution in [0.4, 0.5) is 0 Å². The Labute approximate surface area is 122 Å². The molecule has 0 aromatic carbocycles. The average Bonchev–Trinajstić information content (AvgIpc) is 2.36. The Bertz CT molecular complexity index is 391. The summed E-state index contributed by atoms with van der Waals surface area (Å²) in [7, 11) is 4.24. The first-order chi connectivity index (χ1) is 8.89. The van der Waals surface area contributed by atoms with Crippen LogP contribution in [0.5, 0.6) is 0 Å². The highest BCUT2D eigenvalue weighted by atomic mass is 35.5. The summed E-state index contributed by atoms with van der Waals surface area (Å²) in [5, 5.41) is 4.40. The van der Waals surface area contributed by atoms with Gasteiger partial charge in [0.25, 0.3) is 0 Å². The van der Waals surface area contributed by atoms with Gasteiger partial charge < -0.3 is 10.2 Å². The lowest BCUT2D eigenvalue weighted by molar-refractivity contribution is 0.137. The Morgan fingerprint density at radius 1 is 1.42 bits per heavy atom. The highest BCUT2D eigenvalue weighted by molar-refractivity contribution is 6.31. The number of hydrogen-bond donors (Lipinski definition) is 1. The Balaban J connectivity index is 2.89. The minimum Gasteiger partial charge on any atom is -0.312 e. The third-order valence-corrected chi connectivity index (χ3v) is 4.27. The lowest BCUT2D eigenvalue weighted by atomic mass is 9.88. The third-order valence-electron chi connectivity index (χ3n) is 3.93. The van der Waals surface area contributed by atoms with Crippen molar-refractivity contribution in [2.24, 2.45) is 0 Å². The van der Waals surface area contributed by atoms with Crippen molar-refractivity contribution in [2.75, 3.05) is 20.6 Å². The topological polar surface area (TPSA) is 28.2 Å². The van der Waals surface area contributed by atoms with E-state index in [9.17, 15) is 0 Å². The van der Waals surface area contributed by atoms with Gasteiger partial charge in [0.1, 0.15) is 0 Å². The van der Waals surface area contributed by atoms with Crippen LogP contribution in [0.15, 0.2) is 18.5 Å². The minimum absolute atomic E-state index is 0.0573. The molecule has 0 amide bonds. The van der Waals surface area contributed by atoms with Crippen LogP contribution in [-0.2, 0) is 6.42 Å². The van der Waals surface area contributed by atoms with Crippen molar-refractivity contribution in [3.05, 3.63) is 29.0 Å². The van der Waals surface area contributed by atoms with Crippen LogP contribution in [0.1, 0.15) is 32.8 Å². The molecule has 0 bridgehead atoms. The Hall–Kier alpha value is -0.640. The first kappa shape index (κ1) is 16.4. The maximum Gasteiger partial charge on any atom is 0.0621 e. The van der Waals surface area contributed by atoms with Crippen molar-refractivity contribution in [3.63, 3.8) is 0 Å². The van der Waals surface area contributed by atoms with Crippen LogP contribution in [0.25, 0.3) is 0 Å². The number of rotatable bonds is 7. The molecule has 0 aliphatic carbocycles. The van der Waals surface area contributed by atoms with Gasteiger partial charge in [-0.2, -0.15) is 0 Å². The molecule has 1 aromatic rings. The predicted octanol–water partition coefficient (Wildman–Crippen LogP) is 2.99. The Morgan fingerprint density at radius 3 is 2.63 bits per heavy atom. The van der Waals surface area contributed by atoms with E-state index in [1.54, 1.807) is 12.4 Å². The molecule has 0 aliphatic heterocycles. The molecule has 1 rings (SSSR count). The standard InChI is InChI=1S/C15H26ClN3/c1-6-8-18-14(15(2,3)19(4)5)10-12-7-9-17-11-13(12)16/h7,9,11,14,18H,6,8,10H2,1-5H3. The van der Waals surface area contributed by atoms with Crippen LogP contribution in [0.3, 0.4) is 0 Å². The largest absolute Gasteiger partial charge is 0.312 e. The minimum atomic E-state index is 0.0573. The molecule has 1 aromatic heterocycles. The van der Waals surface area contributed by atoms with Gasteiger partial charge in [0.15, 0.2) is 0 Å². The van der Waals surface area contributed by atoms with E-state index in [0.29, 0.717) is 6.04 Å². The molecule has 1 unspecified atom stereocenters.